The molecule has 1 aromatic rings. The number of hydrogen-bond donors (Lipinski definition) is 0. The number of hydrogen-bond acceptors (Lipinski definition) is 2. The van der Waals surface area contributed by atoms with E-state index in [4.69, 9.17) is 0 Å². The van der Waals surface area contributed by atoms with E-state index in [1.807, 2.05) is 0 Å². The van der Waals surface area contributed by atoms with Crippen molar-refractivity contribution in [1.29, 1.82) is 0 Å². The highest BCUT2D eigenvalue weighted by atomic mass is 16.1. The Hall–Kier alpha value is -1.15. The van der Waals surface area contributed by atoms with Crippen LogP contribution in [0.25, 0.3) is 0 Å². The Balaban J connectivity index is 2.50. The second-order valence-corrected chi connectivity index (χ2v) is 4.35. The number of Topliss-reactive ketones (excluding diaryl/α,β-unsaturated/α-hetero) is 1. The zero-order valence-electron chi connectivity index (χ0n) is 10.5. The molecule has 2 nitrogen and oxygen atoms in total. The number of aryl methyl sites for hydroxylation is 1. The maximum Gasteiger partial charge on any atom is 0.130 e. The lowest BCUT2D eigenvalue weighted by atomic mass is 10.1. The molecule has 0 atom stereocenters. The molecule has 2 heteroatoms. The van der Waals surface area contributed by atoms with Gasteiger partial charge in [0.25, 0.3) is 0 Å². The number of carbonyl (C=O) groups is 1. The van der Waals surface area contributed by atoms with Crippen LogP contribution in [0.1, 0.15) is 31.4 Å². The average Bonchev–Trinajstić information content (AvgIpc) is 2.28. The Morgan fingerprint density at radius 2 is 1.75 bits per heavy atom. The third kappa shape index (κ3) is 4.58. The third-order valence-electron chi connectivity index (χ3n) is 2.78. The van der Waals surface area contributed by atoms with Gasteiger partial charge in [-0.05, 0) is 38.1 Å². The molecule has 0 aliphatic carbocycles. The maximum atomic E-state index is 10.9. The topological polar surface area (TPSA) is 20.3 Å². The summed E-state index contributed by atoms with van der Waals surface area (Å²) in [5.74, 6) is 0.259. The molecule has 0 aliphatic heterocycles. The largest absolute Gasteiger partial charge is 0.302 e. The van der Waals surface area contributed by atoms with E-state index in [-0.39, 0.29) is 5.78 Å². The van der Waals surface area contributed by atoms with Crippen molar-refractivity contribution >= 4 is 5.78 Å². The highest BCUT2D eigenvalue weighted by Gasteiger charge is 1.99. The molecule has 0 aromatic heterocycles. The molecule has 0 unspecified atom stereocenters. The molecule has 0 N–H and O–H groups in total. The average molecular weight is 219 g/mol. The van der Waals surface area contributed by atoms with Gasteiger partial charge in [0.05, 0.1) is 0 Å². The van der Waals surface area contributed by atoms with Crippen LogP contribution in [0.5, 0.6) is 0 Å². The lowest BCUT2D eigenvalue weighted by Gasteiger charge is -2.13. The van der Waals surface area contributed by atoms with Gasteiger partial charge >= 0.3 is 0 Å². The zero-order valence-corrected chi connectivity index (χ0v) is 10.5. The van der Waals surface area contributed by atoms with Gasteiger partial charge in [0, 0.05) is 13.0 Å². The Morgan fingerprint density at radius 1 is 1.19 bits per heavy atom. The van der Waals surface area contributed by atoms with Crippen molar-refractivity contribution < 1.29 is 4.79 Å². The minimum Gasteiger partial charge on any atom is -0.302 e. The van der Waals surface area contributed by atoms with E-state index < -0.39 is 0 Å². The van der Waals surface area contributed by atoms with Gasteiger partial charge in [-0.15, -0.1) is 0 Å². The summed E-state index contributed by atoms with van der Waals surface area (Å²) in [6.45, 7) is 5.85. The molecule has 0 saturated carbocycles. The van der Waals surface area contributed by atoms with Crippen molar-refractivity contribution in [3.8, 4) is 0 Å². The lowest BCUT2D eigenvalue weighted by Crippen LogP contribution is -2.16. The molecule has 0 spiro atoms. The highest BCUT2D eigenvalue weighted by Crippen LogP contribution is 2.08. The number of nitrogens with zero attached hydrogens (tertiary/aromatic N) is 1. The second kappa shape index (κ2) is 6.44. The van der Waals surface area contributed by atoms with Crippen LogP contribution in [0.4, 0.5) is 0 Å². The summed E-state index contributed by atoms with van der Waals surface area (Å²) in [6.07, 6.45) is 1.51. The van der Waals surface area contributed by atoms with Crippen molar-refractivity contribution in [2.45, 2.75) is 33.2 Å². The summed E-state index contributed by atoms with van der Waals surface area (Å²) in [7, 11) is 2.11. The van der Waals surface area contributed by atoms with E-state index in [2.05, 4.69) is 43.1 Å². The summed E-state index contributed by atoms with van der Waals surface area (Å²) in [6, 6.07) is 8.56. The summed E-state index contributed by atoms with van der Waals surface area (Å²) in [4.78, 5) is 13.1. The van der Waals surface area contributed by atoms with Crippen LogP contribution in [0.3, 0.4) is 0 Å². The predicted octanol–water partition coefficient (Wildman–Crippen LogP) is 2.66. The van der Waals surface area contributed by atoms with Crippen molar-refractivity contribution in [3.63, 3.8) is 0 Å². The van der Waals surface area contributed by atoms with Crippen LogP contribution in [0.15, 0.2) is 24.3 Å². The van der Waals surface area contributed by atoms with Crippen LogP contribution >= 0.6 is 0 Å². The van der Waals surface area contributed by atoms with E-state index in [1.54, 1.807) is 6.92 Å². The molecular weight excluding hydrogens is 198 g/mol. The fourth-order valence-corrected chi connectivity index (χ4v) is 1.56. The molecule has 1 rings (SSSR count). The minimum atomic E-state index is 0.259. The normalized spacial score (nSPS) is 10.8. The van der Waals surface area contributed by atoms with Crippen LogP contribution in [0.2, 0.25) is 0 Å². The lowest BCUT2D eigenvalue weighted by molar-refractivity contribution is -0.116. The van der Waals surface area contributed by atoms with Crippen LogP contribution in [0, 0.1) is 0 Å². The molecule has 88 valence electrons. The van der Waals surface area contributed by atoms with Gasteiger partial charge in [-0.2, -0.15) is 0 Å². The van der Waals surface area contributed by atoms with Crippen LogP contribution in [-0.2, 0) is 17.8 Å². The molecule has 0 bridgehead atoms. The van der Waals surface area contributed by atoms with Crippen molar-refractivity contribution in [2.75, 3.05) is 13.6 Å². The fourth-order valence-electron chi connectivity index (χ4n) is 1.56. The molecule has 16 heavy (non-hydrogen) atoms. The summed E-state index contributed by atoms with van der Waals surface area (Å²) in [5.41, 5.74) is 2.58. The van der Waals surface area contributed by atoms with Crippen molar-refractivity contribution in [2.24, 2.45) is 0 Å². The molecular formula is C14H21NO. The zero-order chi connectivity index (χ0) is 12.0. The van der Waals surface area contributed by atoms with Gasteiger partial charge < -0.3 is 9.69 Å². The van der Waals surface area contributed by atoms with Gasteiger partial charge in [0.1, 0.15) is 5.78 Å². The Kier molecular flexibility index (Phi) is 5.20. The fraction of sp³-hybridized carbons (Fsp3) is 0.500. The van der Waals surface area contributed by atoms with Gasteiger partial charge in [0.2, 0.25) is 0 Å². The molecule has 0 aliphatic rings. The summed E-state index contributed by atoms with van der Waals surface area (Å²) in [5, 5.41) is 0. The Labute approximate surface area is 98.3 Å². The first-order chi connectivity index (χ1) is 7.61. The second-order valence-electron chi connectivity index (χ2n) is 4.35. The van der Waals surface area contributed by atoms with E-state index in [0.29, 0.717) is 6.42 Å². The maximum absolute atomic E-state index is 10.9. The van der Waals surface area contributed by atoms with E-state index in [1.165, 1.54) is 11.1 Å². The van der Waals surface area contributed by atoms with Gasteiger partial charge in [-0.25, -0.2) is 0 Å². The van der Waals surface area contributed by atoms with E-state index in [9.17, 15) is 4.79 Å². The first-order valence-corrected chi connectivity index (χ1v) is 5.87. The molecule has 0 fully saturated rings. The summed E-state index contributed by atoms with van der Waals surface area (Å²) < 4.78 is 0. The number of ketones is 1. The summed E-state index contributed by atoms with van der Waals surface area (Å²) >= 11 is 0. The number of benzene rings is 1. The molecule has 0 amide bonds. The quantitative estimate of drug-likeness (QED) is 0.733. The van der Waals surface area contributed by atoms with Crippen molar-refractivity contribution in [1.82, 2.24) is 4.90 Å². The monoisotopic (exact) mass is 219 g/mol. The number of carbonyl (C=O) groups excluding carboxylic acids is 1. The first kappa shape index (κ1) is 12.9. The highest BCUT2D eigenvalue weighted by molar-refractivity contribution is 5.75. The molecule has 0 saturated heterocycles. The standard InChI is InChI=1S/C14H21NO/c1-4-15(3)11-14-9-7-13(8-10-14)6-5-12(2)16/h7-10H,4-6,11H2,1-3H3. The SMILES string of the molecule is CCN(C)Cc1ccc(CCC(C)=O)cc1. The van der Waals surface area contributed by atoms with Crippen molar-refractivity contribution in [3.05, 3.63) is 35.4 Å². The molecule has 0 radical (unpaired) electrons. The number of rotatable bonds is 6. The first-order valence-electron chi connectivity index (χ1n) is 5.87. The van der Waals surface area contributed by atoms with Gasteiger partial charge in [-0.3, -0.25) is 0 Å². The predicted molar refractivity (Wildman–Crippen MR) is 67.5 cm³/mol. The van der Waals surface area contributed by atoms with E-state index in [0.717, 1.165) is 19.5 Å². The Morgan fingerprint density at radius 3 is 2.25 bits per heavy atom. The Bertz CT molecular complexity index is 329. The van der Waals surface area contributed by atoms with Gasteiger partial charge in [0.15, 0.2) is 0 Å². The van der Waals surface area contributed by atoms with E-state index >= 15 is 0 Å². The smallest absolute Gasteiger partial charge is 0.130 e. The molecule has 1 aromatic carbocycles. The van der Waals surface area contributed by atoms with Crippen LogP contribution < -0.4 is 0 Å². The van der Waals surface area contributed by atoms with Crippen LogP contribution in [-0.4, -0.2) is 24.3 Å². The minimum absolute atomic E-state index is 0.259. The molecule has 0 heterocycles. The third-order valence-corrected chi connectivity index (χ3v) is 2.78. The van der Waals surface area contributed by atoms with Gasteiger partial charge in [-0.1, -0.05) is 31.2 Å².